The van der Waals surface area contributed by atoms with Crippen LogP contribution in [0, 0.1) is 5.82 Å². The highest BCUT2D eigenvalue weighted by molar-refractivity contribution is 7.17. The Balaban J connectivity index is 0.000000606. The van der Waals surface area contributed by atoms with Gasteiger partial charge in [-0.05, 0) is 12.1 Å². The molecule has 0 amide bonds. The summed E-state index contributed by atoms with van der Waals surface area (Å²) in [6.07, 6.45) is 1.24. The molecular weight excluding hydrogens is 223 g/mol. The van der Waals surface area contributed by atoms with Gasteiger partial charge in [0.15, 0.2) is 5.78 Å². The summed E-state index contributed by atoms with van der Waals surface area (Å²) in [6.45, 7) is 7.41. The Hall–Kier alpha value is -1.48. The van der Waals surface area contributed by atoms with E-state index in [0.717, 1.165) is 0 Å². The van der Waals surface area contributed by atoms with Crippen LogP contribution in [0.5, 0.6) is 0 Å². The van der Waals surface area contributed by atoms with E-state index in [0.29, 0.717) is 15.6 Å². The molecule has 0 saturated carbocycles. The van der Waals surface area contributed by atoms with Gasteiger partial charge >= 0.3 is 0 Å². The number of allylic oxidation sites excluding steroid dienone is 1. The molecule has 0 radical (unpaired) electrons. The lowest BCUT2D eigenvalue weighted by molar-refractivity contribution is 0.104. The summed E-state index contributed by atoms with van der Waals surface area (Å²) in [6, 6.07) is 4.73. The maximum absolute atomic E-state index is 13.2. The largest absolute Gasteiger partial charge is 0.289 e. The van der Waals surface area contributed by atoms with Crippen LogP contribution in [0.2, 0.25) is 0 Å². The smallest absolute Gasteiger partial charge is 0.186 e. The van der Waals surface area contributed by atoms with Crippen molar-refractivity contribution in [2.45, 2.75) is 13.8 Å². The number of carbonyl (C=O) groups is 1. The van der Waals surface area contributed by atoms with E-state index in [1.165, 1.54) is 23.5 Å². The van der Waals surface area contributed by atoms with Gasteiger partial charge in [0, 0.05) is 16.3 Å². The van der Waals surface area contributed by atoms with Crippen molar-refractivity contribution in [3.8, 4) is 0 Å². The Morgan fingerprint density at radius 1 is 1.44 bits per heavy atom. The molecule has 0 bridgehead atoms. The van der Waals surface area contributed by atoms with Crippen molar-refractivity contribution in [2.75, 3.05) is 0 Å². The zero-order valence-electron chi connectivity index (χ0n) is 9.29. The van der Waals surface area contributed by atoms with E-state index in [4.69, 9.17) is 0 Å². The first-order valence-corrected chi connectivity index (χ1v) is 5.94. The Morgan fingerprint density at radius 2 is 2.12 bits per heavy atom. The molecule has 0 aliphatic rings. The molecule has 84 valence electrons. The number of fused-ring (bicyclic) bond motifs is 1. The van der Waals surface area contributed by atoms with E-state index in [1.54, 1.807) is 17.5 Å². The minimum absolute atomic E-state index is 0.165. The van der Waals surface area contributed by atoms with Gasteiger partial charge in [0.05, 0.1) is 4.70 Å². The van der Waals surface area contributed by atoms with Crippen LogP contribution in [0.3, 0.4) is 0 Å². The lowest BCUT2D eigenvalue weighted by Gasteiger charge is -1.93. The molecule has 1 heterocycles. The van der Waals surface area contributed by atoms with Gasteiger partial charge in [-0.2, -0.15) is 0 Å². The number of halogens is 1. The second-order valence-electron chi connectivity index (χ2n) is 2.83. The lowest BCUT2D eigenvalue weighted by atomic mass is 10.1. The van der Waals surface area contributed by atoms with Crippen molar-refractivity contribution in [2.24, 2.45) is 0 Å². The third kappa shape index (κ3) is 2.19. The van der Waals surface area contributed by atoms with E-state index in [1.807, 2.05) is 13.8 Å². The van der Waals surface area contributed by atoms with Crippen LogP contribution in [0.15, 0.2) is 36.2 Å². The van der Waals surface area contributed by atoms with E-state index in [9.17, 15) is 9.18 Å². The average molecular weight is 236 g/mol. The number of hydrogen-bond acceptors (Lipinski definition) is 2. The number of rotatable bonds is 2. The fourth-order valence-corrected chi connectivity index (χ4v) is 2.29. The van der Waals surface area contributed by atoms with Crippen molar-refractivity contribution in [3.63, 3.8) is 0 Å². The van der Waals surface area contributed by atoms with Crippen molar-refractivity contribution in [3.05, 3.63) is 47.6 Å². The van der Waals surface area contributed by atoms with Gasteiger partial charge in [-0.15, -0.1) is 11.3 Å². The van der Waals surface area contributed by atoms with Crippen LogP contribution in [0.25, 0.3) is 10.1 Å². The van der Waals surface area contributed by atoms with Gasteiger partial charge in [0.2, 0.25) is 0 Å². The minimum atomic E-state index is -0.282. The minimum Gasteiger partial charge on any atom is -0.289 e. The van der Waals surface area contributed by atoms with E-state index >= 15 is 0 Å². The van der Waals surface area contributed by atoms with Gasteiger partial charge in [-0.1, -0.05) is 32.6 Å². The summed E-state index contributed by atoms with van der Waals surface area (Å²) in [5, 5.41) is 2.33. The number of ketones is 1. The SMILES string of the molecule is C=CC(=O)c1csc2c(F)cccc12.CC. The summed E-state index contributed by atoms with van der Waals surface area (Å²) in [5.41, 5.74) is 0.527. The molecule has 2 aromatic rings. The Kier molecular flexibility index (Phi) is 4.38. The molecule has 0 fully saturated rings. The van der Waals surface area contributed by atoms with Crippen LogP contribution >= 0.6 is 11.3 Å². The molecule has 1 nitrogen and oxygen atoms in total. The third-order valence-corrected chi connectivity index (χ3v) is 3.01. The molecule has 2 rings (SSSR count). The normalized spacial score (nSPS) is 9.44. The molecule has 0 saturated heterocycles. The average Bonchev–Trinajstić information content (AvgIpc) is 2.76. The quantitative estimate of drug-likeness (QED) is 0.556. The molecule has 1 aromatic carbocycles. The fourth-order valence-electron chi connectivity index (χ4n) is 1.32. The summed E-state index contributed by atoms with van der Waals surface area (Å²) < 4.78 is 13.8. The van der Waals surface area contributed by atoms with Crippen molar-refractivity contribution in [1.82, 2.24) is 0 Å². The number of carbonyl (C=O) groups excluding carboxylic acids is 1. The Bertz CT molecular complexity index is 514. The second kappa shape index (κ2) is 5.56. The zero-order valence-corrected chi connectivity index (χ0v) is 10.1. The maximum atomic E-state index is 13.2. The third-order valence-electron chi connectivity index (χ3n) is 2.00. The van der Waals surface area contributed by atoms with E-state index < -0.39 is 0 Å². The standard InChI is InChI=1S/C11H7FOS.C2H6/c1-2-10(13)8-6-14-11-7(8)4-3-5-9(11)12;1-2/h2-6H,1H2;1-2H3. The lowest BCUT2D eigenvalue weighted by Crippen LogP contribution is -1.90. The first-order valence-electron chi connectivity index (χ1n) is 5.06. The van der Waals surface area contributed by atoms with E-state index in [-0.39, 0.29) is 11.6 Å². The Morgan fingerprint density at radius 3 is 2.75 bits per heavy atom. The molecular formula is C13H13FOS. The van der Waals surface area contributed by atoms with Gasteiger partial charge in [-0.25, -0.2) is 4.39 Å². The molecule has 0 aliphatic carbocycles. The number of benzene rings is 1. The maximum Gasteiger partial charge on any atom is 0.186 e. The molecule has 0 spiro atoms. The predicted octanol–water partition coefficient (Wildman–Crippen LogP) is 4.44. The monoisotopic (exact) mass is 236 g/mol. The molecule has 3 heteroatoms. The molecule has 16 heavy (non-hydrogen) atoms. The van der Waals surface area contributed by atoms with Gasteiger partial charge in [0.1, 0.15) is 5.82 Å². The highest BCUT2D eigenvalue weighted by Crippen LogP contribution is 2.28. The Labute approximate surface area is 98.2 Å². The topological polar surface area (TPSA) is 17.1 Å². The van der Waals surface area contributed by atoms with Crippen LogP contribution in [0.4, 0.5) is 4.39 Å². The summed E-state index contributed by atoms with van der Waals surface area (Å²) >= 11 is 1.24. The van der Waals surface area contributed by atoms with E-state index in [2.05, 4.69) is 6.58 Å². The van der Waals surface area contributed by atoms with Gasteiger partial charge < -0.3 is 0 Å². The number of thiophene rings is 1. The second-order valence-corrected chi connectivity index (χ2v) is 3.71. The van der Waals surface area contributed by atoms with Crippen LogP contribution < -0.4 is 0 Å². The molecule has 0 atom stereocenters. The molecule has 0 unspecified atom stereocenters. The number of hydrogen-bond donors (Lipinski definition) is 0. The first kappa shape index (κ1) is 12.6. The molecule has 0 N–H and O–H groups in total. The van der Waals surface area contributed by atoms with Crippen LogP contribution in [-0.4, -0.2) is 5.78 Å². The summed E-state index contributed by atoms with van der Waals surface area (Å²) in [5.74, 6) is -0.447. The van der Waals surface area contributed by atoms with Crippen LogP contribution in [0.1, 0.15) is 24.2 Å². The predicted molar refractivity (Wildman–Crippen MR) is 67.7 cm³/mol. The molecule has 0 aliphatic heterocycles. The summed E-state index contributed by atoms with van der Waals surface area (Å²) in [4.78, 5) is 11.4. The first-order chi connectivity index (χ1) is 7.74. The van der Waals surface area contributed by atoms with Gasteiger partial charge in [0.25, 0.3) is 0 Å². The van der Waals surface area contributed by atoms with Crippen molar-refractivity contribution >= 4 is 27.2 Å². The van der Waals surface area contributed by atoms with Crippen LogP contribution in [-0.2, 0) is 0 Å². The van der Waals surface area contributed by atoms with Crippen molar-refractivity contribution < 1.29 is 9.18 Å². The van der Waals surface area contributed by atoms with Crippen molar-refractivity contribution in [1.29, 1.82) is 0 Å². The fraction of sp³-hybridized carbons (Fsp3) is 0.154. The highest BCUT2D eigenvalue weighted by atomic mass is 32.1. The molecule has 1 aromatic heterocycles. The summed E-state index contributed by atoms with van der Waals surface area (Å²) in [7, 11) is 0. The highest BCUT2D eigenvalue weighted by Gasteiger charge is 2.11. The van der Waals surface area contributed by atoms with Gasteiger partial charge in [-0.3, -0.25) is 4.79 Å². The zero-order chi connectivity index (χ0) is 12.1.